The predicted molar refractivity (Wildman–Crippen MR) is 65.1 cm³/mol. The fourth-order valence-electron chi connectivity index (χ4n) is 1.18. The van der Waals surface area contributed by atoms with Crippen LogP contribution in [0.2, 0.25) is 0 Å². The Labute approximate surface area is 104 Å². The monoisotopic (exact) mass is 245 g/mol. The molecule has 0 amide bonds. The van der Waals surface area contributed by atoms with E-state index in [4.69, 9.17) is 0 Å². The Balaban J connectivity index is 2.13. The van der Waals surface area contributed by atoms with Gasteiger partial charge in [-0.25, -0.2) is 15.0 Å². The molecule has 17 heavy (non-hydrogen) atoms. The molecule has 0 aliphatic carbocycles. The van der Waals surface area contributed by atoms with Crippen molar-refractivity contribution in [2.75, 3.05) is 0 Å². The summed E-state index contributed by atoms with van der Waals surface area (Å²) in [5.41, 5.74) is 1.63. The Morgan fingerprint density at radius 2 is 1.82 bits per heavy atom. The minimum Gasteiger partial charge on any atom is -0.294 e. The van der Waals surface area contributed by atoms with Gasteiger partial charge in [-0.3, -0.25) is 4.79 Å². The Hall–Kier alpha value is -1.75. The molecule has 2 heterocycles. The van der Waals surface area contributed by atoms with Crippen molar-refractivity contribution in [1.82, 2.24) is 15.0 Å². The van der Waals surface area contributed by atoms with Gasteiger partial charge in [-0.2, -0.15) is 0 Å². The van der Waals surface area contributed by atoms with Crippen LogP contribution < -0.4 is 0 Å². The van der Waals surface area contributed by atoms with Crippen LogP contribution in [0.3, 0.4) is 0 Å². The summed E-state index contributed by atoms with van der Waals surface area (Å²) in [4.78, 5) is 23.6. The zero-order valence-electron chi connectivity index (χ0n) is 9.54. The lowest BCUT2D eigenvalue weighted by Gasteiger charge is -2.00. The van der Waals surface area contributed by atoms with Crippen LogP contribution in [-0.4, -0.2) is 20.7 Å². The molecule has 0 bridgehead atoms. The third-order valence-corrected chi connectivity index (χ3v) is 2.94. The second-order valence-electron chi connectivity index (χ2n) is 3.59. The van der Waals surface area contributed by atoms with Gasteiger partial charge in [-0.15, -0.1) is 0 Å². The van der Waals surface area contributed by atoms with Crippen molar-refractivity contribution in [3.63, 3.8) is 0 Å². The number of ketones is 1. The van der Waals surface area contributed by atoms with Crippen molar-refractivity contribution in [3.8, 4) is 0 Å². The van der Waals surface area contributed by atoms with Gasteiger partial charge >= 0.3 is 0 Å². The number of aryl methyl sites for hydroxylation is 1. The first kappa shape index (κ1) is 11.7. The summed E-state index contributed by atoms with van der Waals surface area (Å²) in [6.45, 7) is 3.46. The molecule has 2 rings (SSSR count). The molecule has 0 aromatic carbocycles. The number of carbonyl (C=O) groups is 1. The molecule has 0 spiro atoms. The Kier molecular flexibility index (Phi) is 3.49. The summed E-state index contributed by atoms with van der Waals surface area (Å²) < 4.78 is 0. The van der Waals surface area contributed by atoms with Crippen LogP contribution in [0.4, 0.5) is 0 Å². The van der Waals surface area contributed by atoms with E-state index < -0.39 is 0 Å². The molecule has 0 fully saturated rings. The van der Waals surface area contributed by atoms with Crippen LogP contribution in [0.5, 0.6) is 0 Å². The third-order valence-electron chi connectivity index (χ3n) is 2.10. The second kappa shape index (κ2) is 5.05. The van der Waals surface area contributed by atoms with E-state index in [2.05, 4.69) is 15.0 Å². The standard InChI is InChI=1S/C12H11N3OS/c1-8-5-14-12(15-6-8)17-11-4-3-10(7-13-11)9(2)16/h3-7H,1-2H3. The number of Topliss-reactive ketones (excluding diaryl/α,β-unsaturated/α-hetero) is 1. The number of carbonyl (C=O) groups excluding carboxylic acids is 1. The minimum absolute atomic E-state index is 0.0145. The summed E-state index contributed by atoms with van der Waals surface area (Å²) in [5.74, 6) is 0.0145. The van der Waals surface area contributed by atoms with Gasteiger partial charge in [-0.05, 0) is 43.3 Å². The molecule has 86 valence electrons. The van der Waals surface area contributed by atoms with Crippen LogP contribution in [0.1, 0.15) is 22.8 Å². The SMILES string of the molecule is CC(=O)c1ccc(Sc2ncc(C)cn2)nc1. The largest absolute Gasteiger partial charge is 0.294 e. The lowest BCUT2D eigenvalue weighted by molar-refractivity contribution is 0.101. The summed E-state index contributed by atoms with van der Waals surface area (Å²) in [5, 5.41) is 1.43. The number of rotatable bonds is 3. The molecule has 0 radical (unpaired) electrons. The maximum Gasteiger partial charge on any atom is 0.193 e. The maximum absolute atomic E-state index is 11.1. The Morgan fingerprint density at radius 3 is 2.35 bits per heavy atom. The fourth-order valence-corrected chi connectivity index (χ4v) is 1.82. The van der Waals surface area contributed by atoms with Gasteiger partial charge in [0, 0.05) is 24.2 Å². The normalized spacial score (nSPS) is 10.2. The van der Waals surface area contributed by atoms with Crippen molar-refractivity contribution in [2.24, 2.45) is 0 Å². The first-order valence-electron chi connectivity index (χ1n) is 5.08. The molecule has 0 saturated carbocycles. The first-order valence-corrected chi connectivity index (χ1v) is 5.90. The van der Waals surface area contributed by atoms with Gasteiger partial charge in [0.15, 0.2) is 10.9 Å². The lowest BCUT2D eigenvalue weighted by Crippen LogP contribution is -1.93. The molecule has 0 unspecified atom stereocenters. The molecule has 2 aromatic heterocycles. The molecule has 5 heteroatoms. The van der Waals surface area contributed by atoms with Gasteiger partial charge in [0.25, 0.3) is 0 Å². The summed E-state index contributed by atoms with van der Waals surface area (Å²) in [7, 11) is 0. The number of nitrogens with zero attached hydrogens (tertiary/aromatic N) is 3. The van der Waals surface area contributed by atoms with Crippen molar-refractivity contribution in [2.45, 2.75) is 24.0 Å². The molecule has 0 aliphatic rings. The third kappa shape index (κ3) is 3.10. The van der Waals surface area contributed by atoms with Gasteiger partial charge in [0.2, 0.25) is 0 Å². The van der Waals surface area contributed by atoms with Crippen LogP contribution in [0.15, 0.2) is 40.9 Å². The van der Waals surface area contributed by atoms with E-state index in [1.165, 1.54) is 18.7 Å². The van der Waals surface area contributed by atoms with Gasteiger partial charge < -0.3 is 0 Å². The van der Waals surface area contributed by atoms with E-state index in [1.807, 2.05) is 6.92 Å². The highest BCUT2D eigenvalue weighted by molar-refractivity contribution is 7.99. The maximum atomic E-state index is 11.1. The Morgan fingerprint density at radius 1 is 1.12 bits per heavy atom. The van der Waals surface area contributed by atoms with E-state index >= 15 is 0 Å². The number of hydrogen-bond donors (Lipinski definition) is 0. The molecule has 4 nitrogen and oxygen atoms in total. The quantitative estimate of drug-likeness (QED) is 0.614. The minimum atomic E-state index is 0.0145. The average Bonchev–Trinajstić information content (AvgIpc) is 2.33. The number of aromatic nitrogens is 3. The van der Waals surface area contributed by atoms with Crippen molar-refractivity contribution >= 4 is 17.5 Å². The number of pyridine rings is 1. The smallest absolute Gasteiger partial charge is 0.193 e. The van der Waals surface area contributed by atoms with Crippen LogP contribution in [-0.2, 0) is 0 Å². The van der Waals surface area contributed by atoms with Crippen LogP contribution in [0.25, 0.3) is 0 Å². The molecule has 0 N–H and O–H groups in total. The van der Waals surface area contributed by atoms with Crippen molar-refractivity contribution in [3.05, 3.63) is 41.9 Å². The molecular formula is C12H11N3OS. The molecule has 2 aromatic rings. The summed E-state index contributed by atoms with van der Waals surface area (Å²) >= 11 is 1.37. The number of hydrogen-bond acceptors (Lipinski definition) is 5. The van der Waals surface area contributed by atoms with E-state index in [0.29, 0.717) is 10.7 Å². The van der Waals surface area contributed by atoms with Gasteiger partial charge in [0.05, 0.1) is 0 Å². The van der Waals surface area contributed by atoms with E-state index in [-0.39, 0.29) is 5.78 Å². The fraction of sp³-hybridized carbons (Fsp3) is 0.167. The zero-order valence-corrected chi connectivity index (χ0v) is 10.4. The molecule has 0 atom stereocenters. The first-order chi connectivity index (χ1) is 8.15. The highest BCUT2D eigenvalue weighted by Crippen LogP contribution is 2.21. The average molecular weight is 245 g/mol. The van der Waals surface area contributed by atoms with E-state index in [0.717, 1.165) is 10.6 Å². The second-order valence-corrected chi connectivity index (χ2v) is 4.57. The predicted octanol–water partition coefficient (Wildman–Crippen LogP) is 2.53. The summed E-state index contributed by atoms with van der Waals surface area (Å²) in [6, 6.07) is 3.55. The molecular weight excluding hydrogens is 234 g/mol. The van der Waals surface area contributed by atoms with E-state index in [1.54, 1.807) is 30.7 Å². The highest BCUT2D eigenvalue weighted by Gasteiger charge is 2.03. The van der Waals surface area contributed by atoms with Crippen molar-refractivity contribution in [1.29, 1.82) is 0 Å². The van der Waals surface area contributed by atoms with Crippen LogP contribution in [0, 0.1) is 6.92 Å². The van der Waals surface area contributed by atoms with Gasteiger partial charge in [-0.1, -0.05) is 0 Å². The van der Waals surface area contributed by atoms with Gasteiger partial charge in [0.1, 0.15) is 5.03 Å². The van der Waals surface area contributed by atoms with E-state index in [9.17, 15) is 4.79 Å². The topological polar surface area (TPSA) is 55.7 Å². The zero-order chi connectivity index (χ0) is 12.3. The van der Waals surface area contributed by atoms with Crippen molar-refractivity contribution < 1.29 is 4.79 Å². The van der Waals surface area contributed by atoms with Crippen LogP contribution >= 0.6 is 11.8 Å². The lowest BCUT2D eigenvalue weighted by atomic mass is 10.2. The highest BCUT2D eigenvalue weighted by atomic mass is 32.2. The Bertz CT molecular complexity index is 522. The molecule has 0 aliphatic heterocycles. The summed E-state index contributed by atoms with van der Waals surface area (Å²) in [6.07, 6.45) is 5.09. The molecule has 0 saturated heterocycles.